The van der Waals surface area contributed by atoms with Crippen LogP contribution in [0.5, 0.6) is 5.75 Å². The second kappa shape index (κ2) is 9.56. The van der Waals surface area contributed by atoms with E-state index in [1.807, 2.05) is 30.3 Å². The molecule has 0 saturated carbocycles. The smallest absolute Gasteiger partial charge is 0.344 e. The van der Waals surface area contributed by atoms with Crippen molar-refractivity contribution in [2.24, 2.45) is 0 Å². The molecule has 0 aliphatic carbocycles. The van der Waals surface area contributed by atoms with Crippen LogP contribution in [0, 0.1) is 5.82 Å². The van der Waals surface area contributed by atoms with Crippen molar-refractivity contribution in [3.63, 3.8) is 0 Å². The maximum absolute atomic E-state index is 14.0. The number of carbonyl (C=O) groups excluding carboxylic acids is 3. The number of benzene rings is 4. The quantitative estimate of drug-likeness (QED) is 0.186. The Balaban J connectivity index is 1.35. The van der Waals surface area contributed by atoms with Crippen molar-refractivity contribution in [2.45, 2.75) is 6.54 Å². The minimum atomic E-state index is -0.499. The molecule has 35 heavy (non-hydrogen) atoms. The summed E-state index contributed by atoms with van der Waals surface area (Å²) in [6, 6.07) is 25.7. The summed E-state index contributed by atoms with van der Waals surface area (Å²) in [5.41, 5.74) is 1.30. The molecular weight excluding hydrogens is 465 g/mol. The number of thioether (sulfide) groups is 1. The molecule has 0 N–H and O–H groups in total. The first-order valence-electron chi connectivity index (χ1n) is 10.8. The fourth-order valence-corrected chi connectivity index (χ4v) is 4.66. The third-order valence-corrected chi connectivity index (χ3v) is 6.44. The summed E-state index contributed by atoms with van der Waals surface area (Å²) < 4.78 is 19.6. The van der Waals surface area contributed by atoms with Crippen molar-refractivity contribution in [3.05, 3.63) is 118 Å². The molecule has 0 radical (unpaired) electrons. The molecule has 1 heterocycles. The second-order valence-electron chi connectivity index (χ2n) is 7.85. The topological polar surface area (TPSA) is 63.7 Å². The van der Waals surface area contributed by atoms with Gasteiger partial charge in [-0.2, -0.15) is 0 Å². The Kier molecular flexibility index (Phi) is 6.16. The number of ether oxygens (including phenoxy) is 1. The number of rotatable bonds is 5. The van der Waals surface area contributed by atoms with E-state index in [1.54, 1.807) is 54.6 Å². The first-order chi connectivity index (χ1) is 17.0. The fourth-order valence-electron chi connectivity index (χ4n) is 3.82. The van der Waals surface area contributed by atoms with Crippen LogP contribution in [0.25, 0.3) is 16.8 Å². The molecule has 0 atom stereocenters. The van der Waals surface area contributed by atoms with E-state index in [0.29, 0.717) is 16.9 Å². The molecule has 172 valence electrons. The molecule has 0 bridgehead atoms. The zero-order valence-corrected chi connectivity index (χ0v) is 19.1. The summed E-state index contributed by atoms with van der Waals surface area (Å²) in [6.07, 6.45) is 1.56. The lowest BCUT2D eigenvalue weighted by Gasteiger charge is -2.12. The largest absolute Gasteiger partial charge is 0.423 e. The Morgan fingerprint density at radius 2 is 1.66 bits per heavy atom. The molecule has 1 aliphatic heterocycles. The number of hydrogen-bond donors (Lipinski definition) is 0. The van der Waals surface area contributed by atoms with Crippen molar-refractivity contribution in [2.75, 3.05) is 0 Å². The summed E-state index contributed by atoms with van der Waals surface area (Å²) in [4.78, 5) is 39.3. The average Bonchev–Trinajstić information content (AvgIpc) is 3.12. The normalized spacial score (nSPS) is 14.7. The van der Waals surface area contributed by atoms with Crippen LogP contribution in [0.3, 0.4) is 0 Å². The van der Waals surface area contributed by atoms with Gasteiger partial charge in [-0.15, -0.1) is 0 Å². The standard InChI is InChI=1S/C28H18FNO4S/c29-24-14-4-2-9-20(24)17-30-26(31)25(35-28(30)33)16-18-7-5-11-21(15-18)34-27(32)23-13-6-10-19-8-1-3-12-22(19)23/h1-16H,17H2/b25-16-. The number of fused-ring (bicyclic) bond motifs is 1. The van der Waals surface area contributed by atoms with Gasteiger partial charge in [0.05, 0.1) is 17.0 Å². The van der Waals surface area contributed by atoms with Crippen LogP contribution in [0.2, 0.25) is 0 Å². The van der Waals surface area contributed by atoms with Crippen molar-refractivity contribution in [1.82, 2.24) is 4.90 Å². The second-order valence-corrected chi connectivity index (χ2v) is 8.84. The van der Waals surface area contributed by atoms with Crippen LogP contribution in [0.4, 0.5) is 9.18 Å². The third kappa shape index (κ3) is 4.72. The van der Waals surface area contributed by atoms with Gasteiger partial charge in [-0.1, -0.05) is 66.7 Å². The Morgan fingerprint density at radius 3 is 2.51 bits per heavy atom. The van der Waals surface area contributed by atoms with Gasteiger partial charge in [0.1, 0.15) is 11.6 Å². The molecular formula is C28H18FNO4S. The molecule has 0 aromatic heterocycles. The number of amides is 2. The van der Waals surface area contributed by atoms with Crippen LogP contribution < -0.4 is 4.74 Å². The van der Waals surface area contributed by atoms with Crippen molar-refractivity contribution < 1.29 is 23.5 Å². The number of esters is 1. The fraction of sp³-hybridized carbons (Fsp3) is 0.0357. The van der Waals surface area contributed by atoms with Gasteiger partial charge in [-0.05, 0) is 58.4 Å². The minimum absolute atomic E-state index is 0.142. The van der Waals surface area contributed by atoms with Crippen molar-refractivity contribution in [3.8, 4) is 5.75 Å². The van der Waals surface area contributed by atoms with Crippen LogP contribution >= 0.6 is 11.8 Å². The predicted molar refractivity (Wildman–Crippen MR) is 133 cm³/mol. The van der Waals surface area contributed by atoms with Gasteiger partial charge >= 0.3 is 5.97 Å². The number of carbonyl (C=O) groups is 3. The highest BCUT2D eigenvalue weighted by atomic mass is 32.2. The zero-order chi connectivity index (χ0) is 24.4. The van der Waals surface area contributed by atoms with Crippen LogP contribution in [-0.2, 0) is 11.3 Å². The van der Waals surface area contributed by atoms with Gasteiger partial charge in [0.2, 0.25) is 0 Å². The Bertz CT molecular complexity index is 1510. The van der Waals surface area contributed by atoms with Crippen LogP contribution in [0.1, 0.15) is 21.5 Å². The summed E-state index contributed by atoms with van der Waals surface area (Å²) in [6.45, 7) is -0.142. The molecule has 1 saturated heterocycles. The SMILES string of the molecule is O=C(Oc1cccc(/C=C2\SC(=O)N(Cc3ccccc3F)C2=O)c1)c1cccc2ccccc12. The van der Waals surface area contributed by atoms with Gasteiger partial charge in [0, 0.05) is 5.56 Å². The summed E-state index contributed by atoms with van der Waals surface area (Å²) in [5, 5.41) is 1.25. The molecule has 7 heteroatoms. The molecule has 2 amide bonds. The summed E-state index contributed by atoms with van der Waals surface area (Å²) in [5.74, 6) is -1.16. The Morgan fingerprint density at radius 1 is 0.914 bits per heavy atom. The van der Waals surface area contributed by atoms with Crippen molar-refractivity contribution >= 4 is 45.7 Å². The van der Waals surface area contributed by atoms with E-state index in [2.05, 4.69) is 0 Å². The van der Waals surface area contributed by atoms with E-state index < -0.39 is 22.9 Å². The van der Waals surface area contributed by atoms with Gasteiger partial charge in [-0.25, -0.2) is 9.18 Å². The molecule has 1 fully saturated rings. The lowest BCUT2D eigenvalue weighted by Crippen LogP contribution is -2.27. The molecule has 5 nitrogen and oxygen atoms in total. The Hall–Kier alpha value is -4.23. The van der Waals surface area contributed by atoms with Gasteiger partial charge in [0.15, 0.2) is 0 Å². The van der Waals surface area contributed by atoms with E-state index in [0.717, 1.165) is 27.4 Å². The molecule has 0 unspecified atom stereocenters. The number of imide groups is 1. The number of nitrogens with zero attached hydrogens (tertiary/aromatic N) is 1. The highest BCUT2D eigenvalue weighted by Crippen LogP contribution is 2.34. The molecule has 4 aromatic carbocycles. The molecule has 1 aliphatic rings. The summed E-state index contributed by atoms with van der Waals surface area (Å²) in [7, 11) is 0. The lowest BCUT2D eigenvalue weighted by molar-refractivity contribution is -0.123. The van der Waals surface area contributed by atoms with Gasteiger partial charge in [0.25, 0.3) is 11.1 Å². The third-order valence-electron chi connectivity index (χ3n) is 5.54. The molecule has 5 rings (SSSR count). The van der Waals surface area contributed by atoms with E-state index >= 15 is 0 Å². The first kappa shape index (κ1) is 22.6. The highest BCUT2D eigenvalue weighted by Gasteiger charge is 2.35. The molecule has 0 spiro atoms. The monoisotopic (exact) mass is 483 g/mol. The Labute approximate surface area is 204 Å². The van der Waals surface area contributed by atoms with Crippen molar-refractivity contribution in [1.29, 1.82) is 0 Å². The molecule has 4 aromatic rings. The summed E-state index contributed by atoms with van der Waals surface area (Å²) >= 11 is 0.788. The zero-order valence-electron chi connectivity index (χ0n) is 18.3. The predicted octanol–water partition coefficient (Wildman–Crippen LogP) is 6.43. The maximum atomic E-state index is 14.0. The van der Waals surface area contributed by atoms with Gasteiger partial charge < -0.3 is 4.74 Å². The van der Waals surface area contributed by atoms with Crippen LogP contribution in [-0.4, -0.2) is 22.0 Å². The van der Waals surface area contributed by atoms with Gasteiger partial charge in [-0.3, -0.25) is 14.5 Å². The number of halogens is 1. The van der Waals surface area contributed by atoms with E-state index in [4.69, 9.17) is 4.74 Å². The maximum Gasteiger partial charge on any atom is 0.344 e. The highest BCUT2D eigenvalue weighted by molar-refractivity contribution is 8.18. The van der Waals surface area contributed by atoms with E-state index in [-0.39, 0.29) is 17.0 Å². The minimum Gasteiger partial charge on any atom is -0.423 e. The lowest BCUT2D eigenvalue weighted by atomic mass is 10.0. The first-order valence-corrected chi connectivity index (χ1v) is 11.6. The van der Waals surface area contributed by atoms with Crippen LogP contribution in [0.15, 0.2) is 95.9 Å². The van der Waals surface area contributed by atoms with E-state index in [1.165, 1.54) is 12.1 Å². The number of hydrogen-bond acceptors (Lipinski definition) is 5. The average molecular weight is 484 g/mol. The van der Waals surface area contributed by atoms with E-state index in [9.17, 15) is 18.8 Å².